The van der Waals surface area contributed by atoms with Gasteiger partial charge in [0.25, 0.3) is 0 Å². The van der Waals surface area contributed by atoms with Crippen LogP contribution in [0.4, 0.5) is 4.39 Å². The molecular formula is C20H19FN4O2S. The van der Waals surface area contributed by atoms with Crippen molar-refractivity contribution in [1.29, 1.82) is 0 Å². The molecule has 1 saturated heterocycles. The molecule has 2 unspecified atom stereocenters. The molecule has 1 aromatic heterocycles. The lowest BCUT2D eigenvalue weighted by atomic mass is 10.0. The van der Waals surface area contributed by atoms with Gasteiger partial charge >= 0.3 is 0 Å². The Kier molecular flexibility index (Phi) is 5.40. The zero-order valence-electron chi connectivity index (χ0n) is 15.2. The van der Waals surface area contributed by atoms with Gasteiger partial charge in [-0.2, -0.15) is 4.98 Å². The Labute approximate surface area is 165 Å². The Bertz CT molecular complexity index is 976. The number of halogens is 1. The number of rotatable bonds is 5. The second kappa shape index (κ2) is 8.12. The van der Waals surface area contributed by atoms with Crippen LogP contribution in [0.25, 0.3) is 11.4 Å². The third-order valence-corrected chi connectivity index (χ3v) is 5.43. The maximum Gasteiger partial charge on any atom is 0.237 e. The van der Waals surface area contributed by atoms with Crippen molar-refractivity contribution in [3.8, 4) is 11.4 Å². The highest BCUT2D eigenvalue weighted by molar-refractivity contribution is 7.99. The first-order valence-corrected chi connectivity index (χ1v) is 9.94. The number of benzene rings is 2. The van der Waals surface area contributed by atoms with Crippen LogP contribution in [0.15, 0.2) is 53.1 Å². The molecule has 28 heavy (non-hydrogen) atoms. The van der Waals surface area contributed by atoms with E-state index >= 15 is 0 Å². The number of carbonyl (C=O) groups is 1. The summed E-state index contributed by atoms with van der Waals surface area (Å²) in [6.45, 7) is 2.01. The van der Waals surface area contributed by atoms with E-state index in [1.54, 1.807) is 12.1 Å². The Morgan fingerprint density at radius 1 is 1.25 bits per heavy atom. The lowest BCUT2D eigenvalue weighted by Crippen LogP contribution is -2.50. The van der Waals surface area contributed by atoms with Crippen molar-refractivity contribution in [2.24, 2.45) is 0 Å². The molecule has 1 amide bonds. The number of amides is 1. The van der Waals surface area contributed by atoms with Crippen LogP contribution >= 0.6 is 11.8 Å². The van der Waals surface area contributed by atoms with Crippen molar-refractivity contribution in [2.45, 2.75) is 30.6 Å². The normalized spacial score (nSPS) is 19.4. The van der Waals surface area contributed by atoms with Gasteiger partial charge < -0.3 is 9.84 Å². The fourth-order valence-corrected chi connectivity index (χ4v) is 3.94. The van der Waals surface area contributed by atoms with E-state index in [2.05, 4.69) is 20.8 Å². The Hall–Kier alpha value is -2.71. The summed E-state index contributed by atoms with van der Waals surface area (Å²) in [6, 6.07) is 13.9. The minimum atomic E-state index is -0.300. The SMILES string of the molecule is Cc1cccc(-c2noc(CSC3NC(=O)CC(c4ccc(F)cc4)N3)n2)c1. The van der Waals surface area contributed by atoms with Gasteiger partial charge in [0.15, 0.2) is 0 Å². The molecule has 3 aromatic rings. The third kappa shape index (κ3) is 4.40. The second-order valence-corrected chi connectivity index (χ2v) is 7.71. The number of carbonyl (C=O) groups excluding carboxylic acids is 1. The molecule has 4 rings (SSSR count). The molecule has 1 aliphatic heterocycles. The topological polar surface area (TPSA) is 80.0 Å². The van der Waals surface area contributed by atoms with E-state index in [1.165, 1.54) is 23.9 Å². The number of nitrogens with zero attached hydrogens (tertiary/aromatic N) is 2. The minimum absolute atomic E-state index is 0.0587. The zero-order chi connectivity index (χ0) is 19.5. The number of aromatic nitrogens is 2. The smallest absolute Gasteiger partial charge is 0.237 e. The first kappa shape index (κ1) is 18.6. The monoisotopic (exact) mass is 398 g/mol. The number of nitrogens with one attached hydrogen (secondary N) is 2. The van der Waals surface area contributed by atoms with Crippen LogP contribution in [0, 0.1) is 12.7 Å². The van der Waals surface area contributed by atoms with E-state index in [-0.39, 0.29) is 23.3 Å². The van der Waals surface area contributed by atoms with Gasteiger partial charge in [0, 0.05) is 18.0 Å². The second-order valence-electron chi connectivity index (χ2n) is 6.61. The lowest BCUT2D eigenvalue weighted by Gasteiger charge is -2.31. The van der Waals surface area contributed by atoms with Crippen LogP contribution in [0.5, 0.6) is 0 Å². The van der Waals surface area contributed by atoms with Gasteiger partial charge in [0.05, 0.1) is 5.75 Å². The van der Waals surface area contributed by atoms with E-state index < -0.39 is 0 Å². The van der Waals surface area contributed by atoms with E-state index in [1.807, 2.05) is 31.2 Å². The van der Waals surface area contributed by atoms with Gasteiger partial charge in [0.2, 0.25) is 17.6 Å². The Morgan fingerprint density at radius 2 is 2.07 bits per heavy atom. The summed E-state index contributed by atoms with van der Waals surface area (Å²) in [5.74, 6) is 1.13. The van der Waals surface area contributed by atoms with Crippen LogP contribution in [0.2, 0.25) is 0 Å². The Balaban J connectivity index is 1.39. The standard InChI is InChI=1S/C20H19FN4O2S/c1-12-3-2-4-14(9-12)19-24-18(27-25-19)11-28-20-22-16(10-17(26)23-20)13-5-7-15(21)8-6-13/h2-9,16,20,22H,10-11H2,1H3,(H,23,26). The zero-order valence-corrected chi connectivity index (χ0v) is 16.0. The number of thioether (sulfide) groups is 1. The minimum Gasteiger partial charge on any atom is -0.338 e. The quantitative estimate of drug-likeness (QED) is 0.684. The molecule has 2 N–H and O–H groups in total. The van der Waals surface area contributed by atoms with Crippen LogP contribution in [-0.2, 0) is 10.5 Å². The van der Waals surface area contributed by atoms with E-state index in [4.69, 9.17) is 4.52 Å². The highest BCUT2D eigenvalue weighted by Gasteiger charge is 2.27. The first-order chi connectivity index (χ1) is 13.6. The molecular weight excluding hydrogens is 379 g/mol. The van der Waals surface area contributed by atoms with Crippen LogP contribution in [0.1, 0.15) is 29.5 Å². The molecule has 6 nitrogen and oxygen atoms in total. The number of hydrogen-bond acceptors (Lipinski definition) is 6. The molecule has 0 spiro atoms. The predicted octanol–water partition coefficient (Wildman–Crippen LogP) is 3.55. The molecule has 0 aliphatic carbocycles. The maximum atomic E-state index is 13.1. The summed E-state index contributed by atoms with van der Waals surface area (Å²) in [5.41, 5.74) is 2.60. The molecule has 0 radical (unpaired) electrons. The van der Waals surface area contributed by atoms with Crippen LogP contribution in [-0.4, -0.2) is 21.5 Å². The van der Waals surface area contributed by atoms with Crippen molar-refractivity contribution in [3.63, 3.8) is 0 Å². The largest absolute Gasteiger partial charge is 0.338 e. The lowest BCUT2D eigenvalue weighted by molar-refractivity contribution is -0.123. The van der Waals surface area contributed by atoms with Gasteiger partial charge in [-0.25, -0.2) is 4.39 Å². The van der Waals surface area contributed by atoms with Crippen molar-refractivity contribution in [2.75, 3.05) is 0 Å². The molecule has 0 saturated carbocycles. The average Bonchev–Trinajstić information content (AvgIpc) is 3.16. The highest BCUT2D eigenvalue weighted by Crippen LogP contribution is 2.26. The predicted molar refractivity (Wildman–Crippen MR) is 105 cm³/mol. The fourth-order valence-electron chi connectivity index (χ4n) is 3.04. The average molecular weight is 398 g/mol. The van der Waals surface area contributed by atoms with Crippen LogP contribution in [0.3, 0.4) is 0 Å². The molecule has 2 heterocycles. The summed E-state index contributed by atoms with van der Waals surface area (Å²) in [5, 5.41) is 10.3. The number of aryl methyl sites for hydroxylation is 1. The van der Waals surface area contributed by atoms with Gasteiger partial charge in [-0.05, 0) is 30.7 Å². The molecule has 2 aromatic carbocycles. The summed E-state index contributed by atoms with van der Waals surface area (Å²) >= 11 is 1.45. The van der Waals surface area contributed by atoms with E-state index in [0.29, 0.717) is 23.9 Å². The van der Waals surface area contributed by atoms with E-state index in [0.717, 1.165) is 16.7 Å². The van der Waals surface area contributed by atoms with Gasteiger partial charge in [-0.15, -0.1) is 11.8 Å². The van der Waals surface area contributed by atoms with Gasteiger partial charge in [-0.1, -0.05) is 41.1 Å². The van der Waals surface area contributed by atoms with Crippen molar-refractivity contribution in [3.05, 3.63) is 71.4 Å². The fraction of sp³-hybridized carbons (Fsp3) is 0.250. The summed E-state index contributed by atoms with van der Waals surface area (Å²) < 4.78 is 18.5. The first-order valence-electron chi connectivity index (χ1n) is 8.89. The maximum absolute atomic E-state index is 13.1. The van der Waals surface area contributed by atoms with Crippen molar-refractivity contribution < 1.29 is 13.7 Å². The molecule has 144 valence electrons. The van der Waals surface area contributed by atoms with Crippen LogP contribution < -0.4 is 10.6 Å². The Morgan fingerprint density at radius 3 is 2.86 bits per heavy atom. The summed E-state index contributed by atoms with van der Waals surface area (Å²) in [4.78, 5) is 16.5. The summed E-state index contributed by atoms with van der Waals surface area (Å²) in [7, 11) is 0. The highest BCUT2D eigenvalue weighted by atomic mass is 32.2. The van der Waals surface area contributed by atoms with Gasteiger partial charge in [-0.3, -0.25) is 10.1 Å². The van der Waals surface area contributed by atoms with Gasteiger partial charge in [0.1, 0.15) is 11.3 Å². The molecule has 8 heteroatoms. The molecule has 1 fully saturated rings. The van der Waals surface area contributed by atoms with Crippen molar-refractivity contribution >= 4 is 17.7 Å². The molecule has 0 bridgehead atoms. The molecule has 2 atom stereocenters. The summed E-state index contributed by atoms with van der Waals surface area (Å²) in [6.07, 6.45) is 0.306. The van der Waals surface area contributed by atoms with E-state index in [9.17, 15) is 9.18 Å². The van der Waals surface area contributed by atoms with Crippen molar-refractivity contribution in [1.82, 2.24) is 20.8 Å². The third-order valence-electron chi connectivity index (χ3n) is 4.42. The molecule has 1 aliphatic rings. The number of hydrogen-bond donors (Lipinski definition) is 2.